The molecule has 146 valence electrons. The highest BCUT2D eigenvalue weighted by Gasteiger charge is 2.17. The molecule has 3 rings (SSSR count). The van der Waals surface area contributed by atoms with Crippen molar-refractivity contribution >= 4 is 27.3 Å². The zero-order valence-corrected chi connectivity index (χ0v) is 17.0. The van der Waals surface area contributed by atoms with Gasteiger partial charge in [-0.05, 0) is 42.5 Å². The number of sulfonamides is 1. The second kappa shape index (κ2) is 8.52. The minimum atomic E-state index is -3.77. The normalized spacial score (nSPS) is 18.4. The van der Waals surface area contributed by atoms with Gasteiger partial charge in [-0.15, -0.1) is 11.3 Å². The lowest BCUT2D eigenvalue weighted by atomic mass is 9.99. The summed E-state index contributed by atoms with van der Waals surface area (Å²) in [6.07, 6.45) is 2.58. The van der Waals surface area contributed by atoms with Gasteiger partial charge in [-0.2, -0.15) is 0 Å². The summed E-state index contributed by atoms with van der Waals surface area (Å²) >= 11 is 0.947. The quantitative estimate of drug-likeness (QED) is 0.770. The maximum Gasteiger partial charge on any atom is 0.252 e. The molecule has 1 atom stereocenters. The van der Waals surface area contributed by atoms with Gasteiger partial charge in [0, 0.05) is 25.0 Å². The number of hydrogen-bond acceptors (Lipinski definition) is 5. The standard InChI is InChI=1S/C19H25N3O3S2/c1-14-3-2-8-22(11-14)12-16-6-4-15(5-7-16)10-21-19(23)17-9-18(26-13-17)27(20,24)25/h4-7,9,13-14H,2-3,8,10-12H2,1H3,(H,21,23)(H2,20,24,25). The Balaban J connectivity index is 1.52. The molecule has 3 N–H and O–H groups in total. The molecule has 1 aliphatic rings. The van der Waals surface area contributed by atoms with Crippen molar-refractivity contribution in [2.24, 2.45) is 11.1 Å². The Morgan fingerprint density at radius 2 is 2.00 bits per heavy atom. The number of primary sulfonamides is 1. The van der Waals surface area contributed by atoms with Gasteiger partial charge >= 0.3 is 0 Å². The van der Waals surface area contributed by atoms with Crippen molar-refractivity contribution in [3.63, 3.8) is 0 Å². The van der Waals surface area contributed by atoms with Crippen LogP contribution in [0.3, 0.4) is 0 Å². The first-order valence-electron chi connectivity index (χ1n) is 9.01. The molecule has 2 heterocycles. The largest absolute Gasteiger partial charge is 0.348 e. The van der Waals surface area contributed by atoms with E-state index in [9.17, 15) is 13.2 Å². The molecule has 0 saturated carbocycles. The number of carbonyl (C=O) groups is 1. The Morgan fingerprint density at radius 1 is 1.30 bits per heavy atom. The van der Waals surface area contributed by atoms with Crippen molar-refractivity contribution in [1.29, 1.82) is 0 Å². The van der Waals surface area contributed by atoms with Crippen LogP contribution in [0, 0.1) is 5.92 Å². The Bertz CT molecular complexity index is 891. The number of nitrogens with zero attached hydrogens (tertiary/aromatic N) is 1. The second-order valence-electron chi connectivity index (χ2n) is 7.18. The second-order valence-corrected chi connectivity index (χ2v) is 9.88. The molecule has 1 amide bonds. The van der Waals surface area contributed by atoms with E-state index in [0.717, 1.165) is 42.5 Å². The molecule has 1 aromatic carbocycles. The first-order chi connectivity index (χ1) is 12.8. The Morgan fingerprint density at radius 3 is 2.63 bits per heavy atom. The van der Waals surface area contributed by atoms with Gasteiger partial charge in [0.25, 0.3) is 5.91 Å². The fraction of sp³-hybridized carbons (Fsp3) is 0.421. The van der Waals surface area contributed by atoms with Gasteiger partial charge in [-0.1, -0.05) is 31.2 Å². The van der Waals surface area contributed by atoms with Crippen molar-refractivity contribution < 1.29 is 13.2 Å². The number of nitrogens with one attached hydrogen (secondary N) is 1. The van der Waals surface area contributed by atoms with Gasteiger partial charge in [-0.25, -0.2) is 13.6 Å². The predicted octanol–water partition coefficient (Wildman–Crippen LogP) is 2.56. The molecule has 6 nitrogen and oxygen atoms in total. The third kappa shape index (κ3) is 5.62. The monoisotopic (exact) mass is 407 g/mol. The molecule has 1 fully saturated rings. The zero-order valence-electron chi connectivity index (χ0n) is 15.3. The number of thiophene rings is 1. The fourth-order valence-electron chi connectivity index (χ4n) is 3.32. The van der Waals surface area contributed by atoms with Crippen LogP contribution in [-0.4, -0.2) is 32.3 Å². The van der Waals surface area contributed by atoms with E-state index < -0.39 is 10.0 Å². The number of nitrogens with two attached hydrogens (primary N) is 1. The molecule has 1 unspecified atom stereocenters. The van der Waals surface area contributed by atoms with E-state index in [1.807, 2.05) is 12.1 Å². The lowest BCUT2D eigenvalue weighted by molar-refractivity contribution is 0.0951. The molecule has 1 aliphatic heterocycles. The van der Waals surface area contributed by atoms with Gasteiger partial charge in [0.15, 0.2) is 0 Å². The Labute approximate surface area is 164 Å². The minimum absolute atomic E-state index is 0.0102. The van der Waals surface area contributed by atoms with E-state index in [-0.39, 0.29) is 10.1 Å². The Kier molecular flexibility index (Phi) is 6.31. The zero-order chi connectivity index (χ0) is 19.4. The van der Waals surface area contributed by atoms with Crippen molar-refractivity contribution in [3.05, 3.63) is 52.4 Å². The van der Waals surface area contributed by atoms with Crippen molar-refractivity contribution in [1.82, 2.24) is 10.2 Å². The molecule has 2 aromatic rings. The lowest BCUT2D eigenvalue weighted by Crippen LogP contribution is -2.33. The highest BCUT2D eigenvalue weighted by atomic mass is 32.2. The summed E-state index contributed by atoms with van der Waals surface area (Å²) in [6, 6.07) is 9.55. The highest BCUT2D eigenvalue weighted by Crippen LogP contribution is 2.19. The van der Waals surface area contributed by atoms with Crippen molar-refractivity contribution in [3.8, 4) is 0 Å². The number of likely N-dealkylation sites (tertiary alicyclic amines) is 1. The van der Waals surface area contributed by atoms with Gasteiger partial charge in [0.05, 0.1) is 5.56 Å². The van der Waals surface area contributed by atoms with E-state index >= 15 is 0 Å². The average Bonchev–Trinajstić information content (AvgIpc) is 3.11. The molecule has 1 saturated heterocycles. The van der Waals surface area contributed by atoms with Gasteiger partial charge in [0.1, 0.15) is 4.21 Å². The number of carbonyl (C=O) groups excluding carboxylic acids is 1. The number of piperidine rings is 1. The molecule has 27 heavy (non-hydrogen) atoms. The number of amides is 1. The summed E-state index contributed by atoms with van der Waals surface area (Å²) in [7, 11) is -3.77. The summed E-state index contributed by atoms with van der Waals surface area (Å²) in [4.78, 5) is 14.7. The third-order valence-electron chi connectivity index (χ3n) is 4.74. The molecule has 0 radical (unpaired) electrons. The van der Waals surface area contributed by atoms with E-state index in [1.54, 1.807) is 0 Å². The molecule has 0 bridgehead atoms. The Hall–Kier alpha value is -1.74. The van der Waals surface area contributed by atoms with Crippen molar-refractivity contribution in [2.75, 3.05) is 13.1 Å². The molecular formula is C19H25N3O3S2. The highest BCUT2D eigenvalue weighted by molar-refractivity contribution is 7.91. The first kappa shape index (κ1) is 20.0. The SMILES string of the molecule is CC1CCCN(Cc2ccc(CNC(=O)c3csc(S(N)(=O)=O)c3)cc2)C1. The van der Waals surface area contributed by atoms with Crippen LogP contribution < -0.4 is 10.5 Å². The molecule has 0 aliphatic carbocycles. The summed E-state index contributed by atoms with van der Waals surface area (Å²) in [5.41, 5.74) is 2.58. The summed E-state index contributed by atoms with van der Waals surface area (Å²) in [5.74, 6) is 0.452. The van der Waals surface area contributed by atoms with E-state index in [1.165, 1.54) is 29.9 Å². The van der Waals surface area contributed by atoms with Crippen LogP contribution in [0.5, 0.6) is 0 Å². The molecule has 1 aromatic heterocycles. The molecule has 8 heteroatoms. The summed E-state index contributed by atoms with van der Waals surface area (Å²) in [6.45, 7) is 5.96. The van der Waals surface area contributed by atoms with Crippen LogP contribution in [0.25, 0.3) is 0 Å². The number of hydrogen-bond donors (Lipinski definition) is 2. The van der Waals surface area contributed by atoms with E-state index in [4.69, 9.17) is 5.14 Å². The number of rotatable bonds is 6. The smallest absolute Gasteiger partial charge is 0.252 e. The summed E-state index contributed by atoms with van der Waals surface area (Å²) in [5, 5.41) is 9.38. The van der Waals surface area contributed by atoms with Gasteiger partial charge < -0.3 is 5.32 Å². The van der Waals surface area contributed by atoms with Crippen LogP contribution in [-0.2, 0) is 23.1 Å². The van der Waals surface area contributed by atoms with Crippen LogP contribution in [0.4, 0.5) is 0 Å². The molecular weight excluding hydrogens is 382 g/mol. The van der Waals surface area contributed by atoms with Gasteiger partial charge in [-0.3, -0.25) is 9.69 Å². The molecule has 0 spiro atoms. The lowest BCUT2D eigenvalue weighted by Gasteiger charge is -2.30. The van der Waals surface area contributed by atoms with Crippen LogP contribution in [0.15, 0.2) is 39.9 Å². The van der Waals surface area contributed by atoms with Crippen LogP contribution in [0.2, 0.25) is 0 Å². The maximum absolute atomic E-state index is 12.2. The summed E-state index contributed by atoms with van der Waals surface area (Å²) < 4.78 is 22.6. The van der Waals surface area contributed by atoms with Crippen LogP contribution >= 0.6 is 11.3 Å². The number of benzene rings is 1. The van der Waals surface area contributed by atoms with E-state index in [2.05, 4.69) is 29.3 Å². The van der Waals surface area contributed by atoms with E-state index in [0.29, 0.717) is 12.1 Å². The first-order valence-corrected chi connectivity index (χ1v) is 11.4. The average molecular weight is 408 g/mol. The van der Waals surface area contributed by atoms with Gasteiger partial charge in [0.2, 0.25) is 10.0 Å². The third-order valence-corrected chi connectivity index (χ3v) is 7.13. The maximum atomic E-state index is 12.2. The predicted molar refractivity (Wildman–Crippen MR) is 107 cm³/mol. The minimum Gasteiger partial charge on any atom is -0.348 e. The van der Waals surface area contributed by atoms with Crippen molar-refractivity contribution in [2.45, 2.75) is 37.1 Å². The van der Waals surface area contributed by atoms with Crippen LogP contribution in [0.1, 0.15) is 41.3 Å². The topological polar surface area (TPSA) is 92.5 Å². The fourth-order valence-corrected chi connectivity index (χ4v) is 4.91.